The second kappa shape index (κ2) is 13.9. The summed E-state index contributed by atoms with van der Waals surface area (Å²) in [5, 5.41) is 0. The molecule has 0 radical (unpaired) electrons. The lowest BCUT2D eigenvalue weighted by Gasteiger charge is -2.27. The molecule has 0 fully saturated rings. The first-order valence-corrected chi connectivity index (χ1v) is 22.8. The summed E-state index contributed by atoms with van der Waals surface area (Å²) in [5.41, 5.74) is 26.9. The van der Waals surface area contributed by atoms with Crippen LogP contribution in [0.1, 0.15) is 74.9 Å². The van der Waals surface area contributed by atoms with Gasteiger partial charge in [0.25, 0.3) is 0 Å². The van der Waals surface area contributed by atoms with E-state index < -0.39 is 0 Å². The molecule has 1 nitrogen and oxygen atoms in total. The molecular weight excluding hydrogens is 771 g/mol. The smallest absolute Gasteiger partial charge is 0.0467 e. The highest BCUT2D eigenvalue weighted by molar-refractivity contribution is 5.89. The third kappa shape index (κ3) is 5.70. The van der Waals surface area contributed by atoms with Crippen LogP contribution >= 0.6 is 0 Å². The maximum Gasteiger partial charge on any atom is 0.0467 e. The summed E-state index contributed by atoms with van der Waals surface area (Å²) in [6.07, 6.45) is 0. The largest absolute Gasteiger partial charge is 0.310 e. The summed E-state index contributed by atoms with van der Waals surface area (Å²) in [6.45, 7) is 14.1. The fourth-order valence-electron chi connectivity index (χ4n) is 11.6. The monoisotopic (exact) mass is 821 g/mol. The summed E-state index contributed by atoms with van der Waals surface area (Å²) in [4.78, 5) is 2.43. The van der Waals surface area contributed by atoms with Crippen molar-refractivity contribution < 1.29 is 0 Å². The number of hydrogen-bond acceptors (Lipinski definition) is 1. The Morgan fingerprint density at radius 3 is 1.09 bits per heavy atom. The first kappa shape index (κ1) is 38.5. The third-order valence-corrected chi connectivity index (χ3v) is 15.1. The Morgan fingerprint density at radius 1 is 0.234 bits per heavy atom. The second-order valence-electron chi connectivity index (χ2n) is 19.8. The van der Waals surface area contributed by atoms with E-state index in [4.69, 9.17) is 0 Å². The highest BCUT2D eigenvalue weighted by Crippen LogP contribution is 2.53. The number of benzene rings is 9. The van der Waals surface area contributed by atoms with Crippen molar-refractivity contribution in [2.45, 2.75) is 57.8 Å². The van der Waals surface area contributed by atoms with Crippen LogP contribution in [-0.4, -0.2) is 0 Å². The molecule has 9 aromatic carbocycles. The number of rotatable bonds is 6. The Kier molecular flexibility index (Phi) is 8.35. The van der Waals surface area contributed by atoms with Crippen LogP contribution in [0.4, 0.5) is 17.1 Å². The van der Waals surface area contributed by atoms with E-state index >= 15 is 0 Å². The SMILES string of the molecule is CC1(C)c2ccccc2-c2cc(-c3ccc(N(c4cccc(-c5ccc6c(c5)C(C)(C)c5ccccc5-6)c4)c4cccc(-c5ccc6c(c5)C(C)(C)c5ccccc5-6)c4)cc3)ccc21. The van der Waals surface area contributed by atoms with Gasteiger partial charge >= 0.3 is 0 Å². The van der Waals surface area contributed by atoms with E-state index in [2.05, 4.69) is 247 Å². The van der Waals surface area contributed by atoms with Gasteiger partial charge in [0.05, 0.1) is 0 Å². The maximum absolute atomic E-state index is 2.43. The third-order valence-electron chi connectivity index (χ3n) is 15.1. The van der Waals surface area contributed by atoms with Crippen molar-refractivity contribution in [2.24, 2.45) is 0 Å². The fourth-order valence-corrected chi connectivity index (χ4v) is 11.6. The molecule has 9 aromatic rings. The summed E-state index contributed by atoms with van der Waals surface area (Å²) in [7, 11) is 0. The molecule has 0 amide bonds. The molecule has 64 heavy (non-hydrogen) atoms. The van der Waals surface area contributed by atoms with Crippen LogP contribution in [-0.2, 0) is 16.2 Å². The first-order chi connectivity index (χ1) is 31.0. The topological polar surface area (TPSA) is 3.24 Å². The highest BCUT2D eigenvalue weighted by atomic mass is 15.1. The number of nitrogens with zero attached hydrogens (tertiary/aromatic N) is 1. The van der Waals surface area contributed by atoms with E-state index in [-0.39, 0.29) is 16.2 Å². The quantitative estimate of drug-likeness (QED) is 0.161. The van der Waals surface area contributed by atoms with Crippen LogP contribution in [0.15, 0.2) is 200 Å². The average molecular weight is 822 g/mol. The van der Waals surface area contributed by atoms with Gasteiger partial charge in [0, 0.05) is 33.3 Å². The van der Waals surface area contributed by atoms with E-state index in [0.29, 0.717) is 0 Å². The van der Waals surface area contributed by atoms with Gasteiger partial charge in [-0.25, -0.2) is 0 Å². The lowest BCUT2D eigenvalue weighted by Crippen LogP contribution is -2.15. The van der Waals surface area contributed by atoms with Gasteiger partial charge in [0.1, 0.15) is 0 Å². The number of anilines is 3. The molecule has 3 aliphatic carbocycles. The molecule has 0 spiro atoms. The zero-order valence-electron chi connectivity index (χ0n) is 37.5. The number of fused-ring (bicyclic) bond motifs is 9. The van der Waals surface area contributed by atoms with Crippen molar-refractivity contribution >= 4 is 17.1 Å². The molecule has 0 atom stereocenters. The summed E-state index contributed by atoms with van der Waals surface area (Å²) >= 11 is 0. The Labute approximate surface area is 378 Å². The minimum Gasteiger partial charge on any atom is -0.310 e. The van der Waals surface area contributed by atoms with Gasteiger partial charge in [-0.05, 0) is 155 Å². The van der Waals surface area contributed by atoms with Gasteiger partial charge in [-0.2, -0.15) is 0 Å². The van der Waals surface area contributed by atoms with Gasteiger partial charge in [-0.3, -0.25) is 0 Å². The Bertz CT molecular complexity index is 3210. The van der Waals surface area contributed by atoms with Crippen molar-refractivity contribution in [3.63, 3.8) is 0 Å². The molecular formula is C63H51N. The van der Waals surface area contributed by atoms with E-state index in [1.165, 1.54) is 100 Å². The molecule has 0 saturated carbocycles. The molecule has 12 rings (SSSR count). The van der Waals surface area contributed by atoms with Crippen LogP contribution in [0.3, 0.4) is 0 Å². The first-order valence-electron chi connectivity index (χ1n) is 22.8. The summed E-state index contributed by atoms with van der Waals surface area (Å²) in [5.74, 6) is 0. The normalized spacial score (nSPS) is 15.1. The average Bonchev–Trinajstić information content (AvgIpc) is 3.81. The van der Waals surface area contributed by atoms with Crippen molar-refractivity contribution in [1.29, 1.82) is 0 Å². The van der Waals surface area contributed by atoms with E-state index in [1.54, 1.807) is 0 Å². The van der Waals surface area contributed by atoms with Crippen molar-refractivity contribution in [1.82, 2.24) is 0 Å². The Balaban J connectivity index is 0.957. The molecule has 0 saturated heterocycles. The zero-order valence-corrected chi connectivity index (χ0v) is 37.5. The number of hydrogen-bond donors (Lipinski definition) is 0. The maximum atomic E-state index is 2.43. The molecule has 0 aliphatic heterocycles. The van der Waals surface area contributed by atoms with Crippen molar-refractivity contribution in [3.8, 4) is 66.8 Å². The molecule has 3 aliphatic rings. The van der Waals surface area contributed by atoms with E-state index in [1.807, 2.05) is 0 Å². The van der Waals surface area contributed by atoms with Crippen molar-refractivity contribution in [3.05, 3.63) is 234 Å². The lowest BCUT2D eigenvalue weighted by atomic mass is 9.81. The van der Waals surface area contributed by atoms with Gasteiger partial charge in [0.2, 0.25) is 0 Å². The molecule has 0 bridgehead atoms. The van der Waals surface area contributed by atoms with Gasteiger partial charge in [0.15, 0.2) is 0 Å². The molecule has 0 N–H and O–H groups in total. The minimum atomic E-state index is -0.0677. The van der Waals surface area contributed by atoms with Gasteiger partial charge in [-0.1, -0.05) is 187 Å². The molecule has 308 valence electrons. The minimum absolute atomic E-state index is 0.0140. The zero-order chi connectivity index (χ0) is 43.5. The molecule has 0 heterocycles. The molecule has 0 unspecified atom stereocenters. The van der Waals surface area contributed by atoms with Gasteiger partial charge in [-0.15, -0.1) is 0 Å². The van der Waals surface area contributed by atoms with Crippen LogP contribution < -0.4 is 4.90 Å². The van der Waals surface area contributed by atoms with Gasteiger partial charge < -0.3 is 4.90 Å². The fraction of sp³-hybridized carbons (Fsp3) is 0.143. The van der Waals surface area contributed by atoms with E-state index in [9.17, 15) is 0 Å². The van der Waals surface area contributed by atoms with Crippen molar-refractivity contribution in [2.75, 3.05) is 4.90 Å². The lowest BCUT2D eigenvalue weighted by molar-refractivity contribution is 0.660. The Hall–Kier alpha value is -7.22. The summed E-state index contributed by atoms with van der Waals surface area (Å²) in [6, 6.07) is 75.2. The van der Waals surface area contributed by atoms with Crippen LogP contribution in [0.5, 0.6) is 0 Å². The standard InChI is InChI=1S/C63H51N/c1-61(2)57-24-12-9-21-51(57)54-37-43(29-34-58(54)61)40-25-30-46(31-26-40)64(47-17-13-15-41(35-47)44-27-32-52-49-19-7-10-22-55(49)62(3,4)59(52)38-44)48-18-14-16-42(36-48)45-28-33-53-50-20-8-11-23-56(50)63(5,6)60(53)39-45/h7-39H,1-6H3. The highest BCUT2D eigenvalue weighted by Gasteiger charge is 2.37. The van der Waals surface area contributed by atoms with Crippen LogP contribution in [0, 0.1) is 0 Å². The summed E-state index contributed by atoms with van der Waals surface area (Å²) < 4.78 is 0. The predicted molar refractivity (Wildman–Crippen MR) is 270 cm³/mol. The predicted octanol–water partition coefficient (Wildman–Crippen LogP) is 17.1. The van der Waals surface area contributed by atoms with Crippen LogP contribution in [0.2, 0.25) is 0 Å². The van der Waals surface area contributed by atoms with Crippen LogP contribution in [0.25, 0.3) is 66.8 Å². The Morgan fingerprint density at radius 2 is 0.594 bits per heavy atom. The molecule has 0 aromatic heterocycles. The molecule has 1 heteroatoms. The van der Waals surface area contributed by atoms with E-state index in [0.717, 1.165) is 17.1 Å². The second-order valence-corrected chi connectivity index (χ2v) is 19.8.